The number of carboxylic acid groups (broad SMARTS) is 1. The van der Waals surface area contributed by atoms with Crippen LogP contribution < -0.4 is 0 Å². The van der Waals surface area contributed by atoms with Crippen molar-refractivity contribution in [1.29, 1.82) is 0 Å². The molecule has 1 atom stereocenters. The molecule has 0 aliphatic carbocycles. The van der Waals surface area contributed by atoms with Gasteiger partial charge in [0.25, 0.3) is 5.91 Å². The SMILES string of the molecule is CC(C)c1ncc(C(=O)N2CCC(C(=O)O)(C(C)C)C2)s1. The van der Waals surface area contributed by atoms with E-state index in [9.17, 15) is 14.7 Å². The van der Waals surface area contributed by atoms with E-state index in [0.29, 0.717) is 23.8 Å². The minimum absolute atomic E-state index is 0.000450. The van der Waals surface area contributed by atoms with Gasteiger partial charge in [-0.2, -0.15) is 0 Å². The molecule has 1 N–H and O–H groups in total. The Labute approximate surface area is 129 Å². The molecule has 0 saturated carbocycles. The fraction of sp³-hybridized carbons (Fsp3) is 0.667. The van der Waals surface area contributed by atoms with Crippen LogP contribution in [0.5, 0.6) is 0 Å². The lowest BCUT2D eigenvalue weighted by Crippen LogP contribution is -2.40. The van der Waals surface area contributed by atoms with Gasteiger partial charge in [0, 0.05) is 19.0 Å². The molecule has 0 bridgehead atoms. The zero-order valence-electron chi connectivity index (χ0n) is 12.9. The average molecular weight is 310 g/mol. The third kappa shape index (κ3) is 2.81. The summed E-state index contributed by atoms with van der Waals surface area (Å²) < 4.78 is 0. The van der Waals surface area contributed by atoms with Gasteiger partial charge in [0.1, 0.15) is 4.88 Å². The van der Waals surface area contributed by atoms with Gasteiger partial charge < -0.3 is 10.0 Å². The highest BCUT2D eigenvalue weighted by Gasteiger charge is 2.48. The van der Waals surface area contributed by atoms with Crippen LogP contribution in [-0.2, 0) is 4.79 Å². The molecule has 1 saturated heterocycles. The molecule has 1 fully saturated rings. The van der Waals surface area contributed by atoms with Gasteiger partial charge >= 0.3 is 5.97 Å². The van der Waals surface area contributed by atoms with E-state index in [4.69, 9.17) is 0 Å². The second kappa shape index (κ2) is 5.75. The Morgan fingerprint density at radius 3 is 2.48 bits per heavy atom. The minimum atomic E-state index is -0.818. The van der Waals surface area contributed by atoms with Crippen molar-refractivity contribution in [3.63, 3.8) is 0 Å². The second-order valence-corrected chi connectivity index (χ2v) is 7.37. The summed E-state index contributed by atoms with van der Waals surface area (Å²) in [5.74, 6) is -0.604. The highest BCUT2D eigenvalue weighted by Crippen LogP contribution is 2.39. The van der Waals surface area contributed by atoms with Crippen LogP contribution in [0.1, 0.15) is 54.7 Å². The average Bonchev–Trinajstić information content (AvgIpc) is 3.06. The molecule has 2 heterocycles. The third-order valence-corrected chi connectivity index (χ3v) is 5.63. The van der Waals surface area contributed by atoms with Crippen LogP contribution in [0.3, 0.4) is 0 Å². The number of rotatable bonds is 4. The first-order valence-corrected chi connectivity index (χ1v) is 8.08. The molecular weight excluding hydrogens is 288 g/mol. The predicted molar refractivity (Wildman–Crippen MR) is 81.6 cm³/mol. The molecule has 1 aliphatic rings. The van der Waals surface area contributed by atoms with E-state index in [1.165, 1.54) is 11.3 Å². The number of hydrogen-bond acceptors (Lipinski definition) is 4. The summed E-state index contributed by atoms with van der Waals surface area (Å²) in [6, 6.07) is 0. The summed E-state index contributed by atoms with van der Waals surface area (Å²) in [4.78, 5) is 30.7. The maximum atomic E-state index is 12.5. The Hall–Kier alpha value is -1.43. The van der Waals surface area contributed by atoms with E-state index in [1.807, 2.05) is 27.7 Å². The van der Waals surface area contributed by atoms with E-state index >= 15 is 0 Å². The van der Waals surface area contributed by atoms with Crippen molar-refractivity contribution in [3.8, 4) is 0 Å². The lowest BCUT2D eigenvalue weighted by atomic mass is 9.76. The van der Waals surface area contributed by atoms with E-state index in [-0.39, 0.29) is 18.4 Å². The van der Waals surface area contributed by atoms with Crippen molar-refractivity contribution in [2.75, 3.05) is 13.1 Å². The first-order valence-electron chi connectivity index (χ1n) is 7.26. The lowest BCUT2D eigenvalue weighted by Gasteiger charge is -2.28. The normalized spacial score (nSPS) is 22.3. The summed E-state index contributed by atoms with van der Waals surface area (Å²) in [6.07, 6.45) is 2.13. The summed E-state index contributed by atoms with van der Waals surface area (Å²) >= 11 is 1.40. The van der Waals surface area contributed by atoms with Crippen LogP contribution in [0.15, 0.2) is 6.20 Å². The smallest absolute Gasteiger partial charge is 0.311 e. The molecule has 116 valence electrons. The Bertz CT molecular complexity index is 553. The van der Waals surface area contributed by atoms with Crippen LogP contribution in [-0.4, -0.2) is 40.0 Å². The maximum absolute atomic E-state index is 12.5. The topological polar surface area (TPSA) is 70.5 Å². The third-order valence-electron chi connectivity index (χ3n) is 4.35. The number of carboxylic acids is 1. The predicted octanol–water partition coefficient (Wildman–Crippen LogP) is 2.84. The summed E-state index contributed by atoms with van der Waals surface area (Å²) in [5, 5.41) is 10.5. The first-order chi connectivity index (χ1) is 9.78. The Kier molecular flexibility index (Phi) is 4.37. The molecule has 0 spiro atoms. The largest absolute Gasteiger partial charge is 0.481 e. The zero-order valence-corrected chi connectivity index (χ0v) is 13.7. The highest BCUT2D eigenvalue weighted by atomic mass is 32.1. The number of nitrogens with zero attached hydrogens (tertiary/aromatic N) is 2. The molecule has 5 nitrogen and oxygen atoms in total. The summed E-state index contributed by atoms with van der Waals surface area (Å²) in [7, 11) is 0. The van der Waals surface area contributed by atoms with E-state index in [1.54, 1.807) is 11.1 Å². The number of thiazole rings is 1. The fourth-order valence-electron chi connectivity index (χ4n) is 2.71. The number of aromatic nitrogens is 1. The number of aliphatic carboxylic acids is 1. The molecule has 1 unspecified atom stereocenters. The Morgan fingerprint density at radius 1 is 1.38 bits per heavy atom. The molecule has 1 amide bonds. The summed E-state index contributed by atoms with van der Waals surface area (Å²) in [6.45, 7) is 8.68. The van der Waals surface area contributed by atoms with Crippen LogP contribution in [0.25, 0.3) is 0 Å². The van der Waals surface area contributed by atoms with Crippen molar-refractivity contribution in [1.82, 2.24) is 9.88 Å². The Balaban J connectivity index is 2.16. The van der Waals surface area contributed by atoms with Gasteiger partial charge in [-0.05, 0) is 12.3 Å². The van der Waals surface area contributed by atoms with Crippen LogP contribution in [0, 0.1) is 11.3 Å². The van der Waals surface area contributed by atoms with Gasteiger partial charge in [-0.25, -0.2) is 4.98 Å². The number of carbonyl (C=O) groups is 2. The van der Waals surface area contributed by atoms with Crippen molar-refractivity contribution in [2.24, 2.45) is 11.3 Å². The Morgan fingerprint density at radius 2 is 2.05 bits per heavy atom. The molecular formula is C15H22N2O3S. The van der Waals surface area contributed by atoms with Crippen molar-refractivity contribution in [3.05, 3.63) is 16.1 Å². The van der Waals surface area contributed by atoms with Crippen molar-refractivity contribution < 1.29 is 14.7 Å². The molecule has 21 heavy (non-hydrogen) atoms. The molecule has 2 rings (SSSR count). The first kappa shape index (κ1) is 15.9. The van der Waals surface area contributed by atoms with Gasteiger partial charge in [0.05, 0.1) is 16.6 Å². The van der Waals surface area contributed by atoms with Gasteiger partial charge in [-0.1, -0.05) is 27.7 Å². The number of carbonyl (C=O) groups excluding carboxylic acids is 1. The fourth-order valence-corrected chi connectivity index (χ4v) is 3.60. The standard InChI is InChI=1S/C15H22N2O3S/c1-9(2)12-16-7-11(21-12)13(18)17-6-5-15(8-17,10(3)4)14(19)20/h7,9-10H,5-6,8H2,1-4H3,(H,19,20). The van der Waals surface area contributed by atoms with Crippen LogP contribution in [0.2, 0.25) is 0 Å². The van der Waals surface area contributed by atoms with E-state index in [2.05, 4.69) is 4.98 Å². The molecule has 1 aromatic rings. The minimum Gasteiger partial charge on any atom is -0.481 e. The van der Waals surface area contributed by atoms with Crippen molar-refractivity contribution in [2.45, 2.75) is 40.0 Å². The van der Waals surface area contributed by atoms with Crippen molar-refractivity contribution >= 4 is 23.2 Å². The van der Waals surface area contributed by atoms with Gasteiger partial charge in [0.15, 0.2) is 0 Å². The van der Waals surface area contributed by atoms with Gasteiger partial charge in [0.2, 0.25) is 0 Å². The monoisotopic (exact) mass is 310 g/mol. The number of amides is 1. The molecule has 1 aromatic heterocycles. The zero-order chi connectivity index (χ0) is 15.8. The van der Waals surface area contributed by atoms with Crippen LogP contribution in [0.4, 0.5) is 0 Å². The van der Waals surface area contributed by atoms with Gasteiger partial charge in [-0.15, -0.1) is 11.3 Å². The maximum Gasteiger partial charge on any atom is 0.311 e. The summed E-state index contributed by atoms with van der Waals surface area (Å²) in [5.41, 5.74) is -0.818. The molecule has 6 heteroatoms. The van der Waals surface area contributed by atoms with Crippen LogP contribution >= 0.6 is 11.3 Å². The molecule has 0 radical (unpaired) electrons. The molecule has 1 aliphatic heterocycles. The quantitative estimate of drug-likeness (QED) is 0.928. The van der Waals surface area contributed by atoms with E-state index in [0.717, 1.165) is 5.01 Å². The lowest BCUT2D eigenvalue weighted by molar-refractivity contribution is -0.150. The number of likely N-dealkylation sites (tertiary alicyclic amines) is 1. The number of hydrogen-bond donors (Lipinski definition) is 1. The highest BCUT2D eigenvalue weighted by molar-refractivity contribution is 7.13. The van der Waals surface area contributed by atoms with Gasteiger partial charge in [-0.3, -0.25) is 9.59 Å². The molecule has 0 aromatic carbocycles. The van der Waals surface area contributed by atoms with E-state index < -0.39 is 11.4 Å². The second-order valence-electron chi connectivity index (χ2n) is 6.31.